The van der Waals surface area contributed by atoms with Crippen LogP contribution in [0.4, 0.5) is 16.5 Å². The van der Waals surface area contributed by atoms with E-state index in [0.29, 0.717) is 5.88 Å². The number of nitrogens with one attached hydrogen (secondary N) is 1. The molecule has 0 radical (unpaired) electrons. The molecule has 2 aromatic heterocycles. The molecule has 7 heteroatoms. The molecule has 0 saturated carbocycles. The number of anilines is 2. The van der Waals surface area contributed by atoms with Gasteiger partial charge < -0.3 is 10.1 Å². The Hall–Kier alpha value is -2.80. The lowest BCUT2D eigenvalue weighted by Gasteiger charge is -2.16. The Kier molecular flexibility index (Phi) is 4.61. The van der Waals surface area contributed by atoms with Crippen molar-refractivity contribution < 1.29 is 4.74 Å². The first kappa shape index (κ1) is 17.6. The Morgan fingerprint density at radius 2 is 2.04 bits per heavy atom. The van der Waals surface area contributed by atoms with Gasteiger partial charge in [0.1, 0.15) is 17.3 Å². The molecule has 0 fully saturated rings. The van der Waals surface area contributed by atoms with Crippen LogP contribution >= 0.6 is 11.5 Å². The van der Waals surface area contributed by atoms with Crippen molar-refractivity contribution in [2.45, 2.75) is 39.0 Å². The molecule has 27 heavy (non-hydrogen) atoms. The summed E-state index contributed by atoms with van der Waals surface area (Å²) in [6, 6.07) is 9.71. The molecule has 0 saturated heterocycles. The van der Waals surface area contributed by atoms with Gasteiger partial charge in [-0.3, -0.25) is 4.99 Å². The zero-order valence-electron chi connectivity index (χ0n) is 15.6. The number of pyridine rings is 1. The van der Waals surface area contributed by atoms with Crippen LogP contribution in [0.25, 0.3) is 0 Å². The van der Waals surface area contributed by atoms with E-state index in [1.165, 1.54) is 11.5 Å². The van der Waals surface area contributed by atoms with Gasteiger partial charge in [-0.05, 0) is 37.1 Å². The quantitative estimate of drug-likeness (QED) is 0.656. The standard InChI is InChI=1S/C20H21N5OS/c1-20(2,3)18-24-19(27-25-18)23-15-9-6-12-22-17(15)26-16-10-4-8-14-13(16)7-5-11-21-14/h4,6,8-12H,5,7H2,1-3H3,(H,23,24,25). The first-order valence-electron chi connectivity index (χ1n) is 8.89. The largest absolute Gasteiger partial charge is 0.437 e. The number of aromatic nitrogens is 3. The second-order valence-electron chi connectivity index (χ2n) is 7.36. The van der Waals surface area contributed by atoms with Crippen LogP contribution in [0.1, 0.15) is 38.6 Å². The summed E-state index contributed by atoms with van der Waals surface area (Å²) in [4.78, 5) is 13.5. The van der Waals surface area contributed by atoms with Crippen molar-refractivity contribution in [3.63, 3.8) is 0 Å². The minimum atomic E-state index is -0.0890. The molecule has 0 unspecified atom stereocenters. The fraction of sp³-hybridized carbons (Fsp3) is 0.300. The second kappa shape index (κ2) is 7.08. The van der Waals surface area contributed by atoms with Gasteiger partial charge in [0.15, 0.2) is 0 Å². The zero-order chi connectivity index (χ0) is 18.9. The molecule has 1 aromatic carbocycles. The number of hydrogen-bond donors (Lipinski definition) is 1. The van der Waals surface area contributed by atoms with Crippen molar-refractivity contribution in [2.75, 3.05) is 5.32 Å². The molecule has 138 valence electrons. The van der Waals surface area contributed by atoms with E-state index in [9.17, 15) is 0 Å². The molecular weight excluding hydrogens is 358 g/mol. The number of ether oxygens (including phenoxy) is 1. The maximum atomic E-state index is 6.16. The first-order chi connectivity index (χ1) is 13.0. The molecule has 1 aliphatic rings. The second-order valence-corrected chi connectivity index (χ2v) is 8.11. The van der Waals surface area contributed by atoms with Crippen LogP contribution < -0.4 is 10.1 Å². The molecule has 3 aromatic rings. The van der Waals surface area contributed by atoms with Crippen molar-refractivity contribution in [1.82, 2.24) is 14.3 Å². The van der Waals surface area contributed by atoms with Crippen molar-refractivity contribution in [1.29, 1.82) is 0 Å². The van der Waals surface area contributed by atoms with Crippen LogP contribution in [0.2, 0.25) is 0 Å². The summed E-state index contributed by atoms with van der Waals surface area (Å²) in [5.41, 5.74) is 2.74. The smallest absolute Gasteiger partial charge is 0.243 e. The minimum Gasteiger partial charge on any atom is -0.437 e. The lowest BCUT2D eigenvalue weighted by molar-refractivity contribution is 0.459. The molecule has 1 aliphatic heterocycles. The van der Waals surface area contributed by atoms with Gasteiger partial charge in [-0.15, -0.1) is 0 Å². The van der Waals surface area contributed by atoms with E-state index in [1.807, 2.05) is 36.5 Å². The molecule has 4 rings (SSSR count). The highest BCUT2D eigenvalue weighted by Crippen LogP contribution is 2.37. The minimum absolute atomic E-state index is 0.0890. The van der Waals surface area contributed by atoms with Gasteiger partial charge in [-0.25, -0.2) is 9.97 Å². The third kappa shape index (κ3) is 3.83. The summed E-state index contributed by atoms with van der Waals surface area (Å²) >= 11 is 1.33. The predicted molar refractivity (Wildman–Crippen MR) is 109 cm³/mol. The normalized spacial score (nSPS) is 13.3. The average Bonchev–Trinajstić information content (AvgIpc) is 3.13. The van der Waals surface area contributed by atoms with E-state index < -0.39 is 0 Å². The topological polar surface area (TPSA) is 72.3 Å². The number of aliphatic imine (C=N–C) groups is 1. The maximum Gasteiger partial charge on any atom is 0.243 e. The number of rotatable bonds is 4. The third-order valence-corrected chi connectivity index (χ3v) is 4.81. The maximum absolute atomic E-state index is 6.16. The Labute approximate surface area is 162 Å². The van der Waals surface area contributed by atoms with Gasteiger partial charge in [0.25, 0.3) is 0 Å². The number of nitrogens with zero attached hydrogens (tertiary/aromatic N) is 4. The van der Waals surface area contributed by atoms with Gasteiger partial charge in [0, 0.05) is 34.9 Å². The fourth-order valence-corrected chi connectivity index (χ4v) is 3.53. The Morgan fingerprint density at radius 3 is 2.85 bits per heavy atom. The highest BCUT2D eigenvalue weighted by molar-refractivity contribution is 7.09. The molecule has 0 spiro atoms. The number of benzene rings is 1. The van der Waals surface area contributed by atoms with Crippen molar-refractivity contribution in [2.24, 2.45) is 4.99 Å². The van der Waals surface area contributed by atoms with Crippen LogP contribution in [0.3, 0.4) is 0 Å². The monoisotopic (exact) mass is 379 g/mol. The summed E-state index contributed by atoms with van der Waals surface area (Å²) < 4.78 is 10.6. The average molecular weight is 379 g/mol. The summed E-state index contributed by atoms with van der Waals surface area (Å²) in [5.74, 6) is 2.11. The SMILES string of the molecule is CC(C)(C)c1nsc(Nc2cccnc2Oc2cccc3c2CCC=N3)n1. The zero-order valence-corrected chi connectivity index (χ0v) is 16.4. The lowest BCUT2D eigenvalue weighted by atomic mass is 9.96. The Bertz CT molecular complexity index is 990. The Morgan fingerprint density at radius 1 is 1.15 bits per heavy atom. The van der Waals surface area contributed by atoms with Gasteiger partial charge in [-0.2, -0.15) is 4.37 Å². The van der Waals surface area contributed by atoms with Crippen molar-refractivity contribution >= 4 is 34.3 Å². The summed E-state index contributed by atoms with van der Waals surface area (Å²) in [7, 11) is 0. The predicted octanol–water partition coefficient (Wildman–Crippen LogP) is 5.42. The summed E-state index contributed by atoms with van der Waals surface area (Å²) in [6.45, 7) is 6.29. The van der Waals surface area contributed by atoms with Gasteiger partial charge in [0.05, 0.1) is 5.69 Å². The molecule has 0 atom stereocenters. The third-order valence-electron chi connectivity index (χ3n) is 4.18. The van der Waals surface area contributed by atoms with E-state index in [2.05, 4.69) is 45.4 Å². The molecule has 0 bridgehead atoms. The van der Waals surface area contributed by atoms with Crippen LogP contribution in [0, 0.1) is 0 Å². The molecule has 1 N–H and O–H groups in total. The van der Waals surface area contributed by atoms with E-state index in [0.717, 1.165) is 46.5 Å². The van der Waals surface area contributed by atoms with Crippen LogP contribution in [0.15, 0.2) is 41.5 Å². The highest BCUT2D eigenvalue weighted by Gasteiger charge is 2.20. The summed E-state index contributed by atoms with van der Waals surface area (Å²) in [5, 5.41) is 4.01. The van der Waals surface area contributed by atoms with Gasteiger partial charge in [-0.1, -0.05) is 26.8 Å². The van der Waals surface area contributed by atoms with E-state index in [-0.39, 0.29) is 5.41 Å². The van der Waals surface area contributed by atoms with Crippen molar-refractivity contribution in [3.05, 3.63) is 47.9 Å². The fourth-order valence-electron chi connectivity index (χ4n) is 2.76. The van der Waals surface area contributed by atoms with Gasteiger partial charge >= 0.3 is 0 Å². The Balaban J connectivity index is 1.61. The summed E-state index contributed by atoms with van der Waals surface area (Å²) in [6.07, 6.45) is 5.49. The van der Waals surface area contributed by atoms with E-state index in [4.69, 9.17) is 4.74 Å². The highest BCUT2D eigenvalue weighted by atomic mass is 32.1. The molecule has 0 aliphatic carbocycles. The lowest BCUT2D eigenvalue weighted by Crippen LogP contribution is -2.13. The van der Waals surface area contributed by atoms with Crippen LogP contribution in [0.5, 0.6) is 11.6 Å². The van der Waals surface area contributed by atoms with Crippen LogP contribution in [-0.2, 0) is 11.8 Å². The van der Waals surface area contributed by atoms with E-state index >= 15 is 0 Å². The van der Waals surface area contributed by atoms with E-state index in [1.54, 1.807) is 6.20 Å². The molecule has 0 amide bonds. The number of fused-ring (bicyclic) bond motifs is 1. The molecule has 3 heterocycles. The molecule has 6 nitrogen and oxygen atoms in total. The van der Waals surface area contributed by atoms with Crippen LogP contribution in [-0.4, -0.2) is 20.6 Å². The van der Waals surface area contributed by atoms with Crippen molar-refractivity contribution in [3.8, 4) is 11.6 Å². The van der Waals surface area contributed by atoms with Gasteiger partial charge in [0.2, 0.25) is 11.0 Å². The molecular formula is C20H21N5OS. The first-order valence-corrected chi connectivity index (χ1v) is 9.66. The number of hydrogen-bond acceptors (Lipinski definition) is 7.